The Labute approximate surface area is 119 Å². The summed E-state index contributed by atoms with van der Waals surface area (Å²) in [4.78, 5) is 10.4. The maximum absolute atomic E-state index is 4.68. The van der Waals surface area contributed by atoms with Crippen LogP contribution in [0.15, 0.2) is 23.6 Å². The van der Waals surface area contributed by atoms with Crippen LogP contribution in [0.1, 0.15) is 32.9 Å². The standard InChI is InChI=1S/C15H21N3S/c1-4-7-16-14-10-12(9-11(2)3)17-15(18-14)13-6-5-8-19-13/h5-6,8,10-11H,4,7,9H2,1-3H3,(H,16,17,18). The van der Waals surface area contributed by atoms with Gasteiger partial charge in [-0.15, -0.1) is 11.3 Å². The van der Waals surface area contributed by atoms with Crippen LogP contribution in [0.4, 0.5) is 5.82 Å². The van der Waals surface area contributed by atoms with Crippen molar-refractivity contribution < 1.29 is 0 Å². The van der Waals surface area contributed by atoms with Gasteiger partial charge in [0.25, 0.3) is 0 Å². The SMILES string of the molecule is CCCNc1cc(CC(C)C)nc(-c2cccs2)n1. The van der Waals surface area contributed by atoms with Crippen molar-refractivity contribution in [2.24, 2.45) is 5.92 Å². The minimum Gasteiger partial charge on any atom is -0.370 e. The number of nitrogens with one attached hydrogen (secondary N) is 1. The molecule has 0 amide bonds. The molecule has 0 aromatic carbocycles. The Hall–Kier alpha value is -1.42. The summed E-state index contributed by atoms with van der Waals surface area (Å²) in [6.45, 7) is 7.53. The summed E-state index contributed by atoms with van der Waals surface area (Å²) < 4.78 is 0. The average Bonchev–Trinajstić information content (AvgIpc) is 2.89. The molecule has 2 aromatic heterocycles. The lowest BCUT2D eigenvalue weighted by atomic mass is 10.1. The fraction of sp³-hybridized carbons (Fsp3) is 0.467. The van der Waals surface area contributed by atoms with E-state index in [4.69, 9.17) is 0 Å². The average molecular weight is 275 g/mol. The van der Waals surface area contributed by atoms with Gasteiger partial charge in [0.1, 0.15) is 5.82 Å². The third-order valence-electron chi connectivity index (χ3n) is 2.69. The molecule has 0 spiro atoms. The van der Waals surface area contributed by atoms with E-state index in [1.54, 1.807) is 11.3 Å². The van der Waals surface area contributed by atoms with Crippen molar-refractivity contribution in [3.63, 3.8) is 0 Å². The van der Waals surface area contributed by atoms with Crippen molar-refractivity contribution in [3.05, 3.63) is 29.3 Å². The molecule has 102 valence electrons. The van der Waals surface area contributed by atoms with Gasteiger partial charge < -0.3 is 5.32 Å². The minimum atomic E-state index is 0.602. The lowest BCUT2D eigenvalue weighted by Gasteiger charge is -2.10. The monoisotopic (exact) mass is 275 g/mol. The number of rotatable bonds is 6. The zero-order valence-electron chi connectivity index (χ0n) is 11.8. The third-order valence-corrected chi connectivity index (χ3v) is 3.56. The predicted octanol–water partition coefficient (Wildman–Crippen LogP) is 4.23. The van der Waals surface area contributed by atoms with E-state index in [9.17, 15) is 0 Å². The molecule has 2 aromatic rings. The molecule has 0 radical (unpaired) electrons. The van der Waals surface area contributed by atoms with E-state index >= 15 is 0 Å². The van der Waals surface area contributed by atoms with E-state index in [0.29, 0.717) is 5.92 Å². The molecule has 0 saturated heterocycles. The molecular weight excluding hydrogens is 254 g/mol. The molecule has 4 heteroatoms. The number of thiophene rings is 1. The normalized spacial score (nSPS) is 10.9. The van der Waals surface area contributed by atoms with E-state index in [1.165, 1.54) is 0 Å². The zero-order chi connectivity index (χ0) is 13.7. The van der Waals surface area contributed by atoms with Gasteiger partial charge >= 0.3 is 0 Å². The van der Waals surface area contributed by atoms with Crippen LogP contribution in [0.25, 0.3) is 10.7 Å². The topological polar surface area (TPSA) is 37.8 Å². The molecule has 2 heterocycles. The van der Waals surface area contributed by atoms with Gasteiger partial charge in [-0.3, -0.25) is 0 Å². The summed E-state index contributed by atoms with van der Waals surface area (Å²) >= 11 is 1.68. The van der Waals surface area contributed by atoms with Crippen molar-refractivity contribution in [2.45, 2.75) is 33.6 Å². The van der Waals surface area contributed by atoms with Crippen LogP contribution in [0.2, 0.25) is 0 Å². The second-order valence-corrected chi connectivity index (χ2v) is 6.02. The Bertz CT molecular complexity index is 506. The summed E-state index contributed by atoms with van der Waals surface area (Å²) in [5.41, 5.74) is 1.12. The smallest absolute Gasteiger partial charge is 0.171 e. The van der Waals surface area contributed by atoms with Crippen molar-refractivity contribution in [1.29, 1.82) is 0 Å². The highest BCUT2D eigenvalue weighted by atomic mass is 32.1. The Morgan fingerprint density at radius 2 is 2.16 bits per heavy atom. The Kier molecular flexibility index (Phi) is 4.91. The number of hydrogen-bond donors (Lipinski definition) is 1. The molecule has 2 rings (SSSR count). The van der Waals surface area contributed by atoms with Crippen LogP contribution in [0.3, 0.4) is 0 Å². The zero-order valence-corrected chi connectivity index (χ0v) is 12.6. The van der Waals surface area contributed by atoms with Crippen LogP contribution >= 0.6 is 11.3 Å². The maximum atomic E-state index is 4.68. The van der Waals surface area contributed by atoms with Crippen molar-refractivity contribution in [2.75, 3.05) is 11.9 Å². The van der Waals surface area contributed by atoms with Crippen molar-refractivity contribution in [1.82, 2.24) is 9.97 Å². The van der Waals surface area contributed by atoms with Crippen LogP contribution in [-0.2, 0) is 6.42 Å². The molecule has 0 atom stereocenters. The van der Waals surface area contributed by atoms with Crippen LogP contribution < -0.4 is 5.32 Å². The van der Waals surface area contributed by atoms with E-state index in [-0.39, 0.29) is 0 Å². The number of aromatic nitrogens is 2. The van der Waals surface area contributed by atoms with Crippen LogP contribution in [-0.4, -0.2) is 16.5 Å². The second-order valence-electron chi connectivity index (χ2n) is 5.07. The first kappa shape index (κ1) is 14.0. The predicted molar refractivity (Wildman–Crippen MR) is 82.7 cm³/mol. The van der Waals surface area contributed by atoms with Crippen molar-refractivity contribution >= 4 is 17.2 Å². The minimum absolute atomic E-state index is 0.602. The molecule has 0 aliphatic carbocycles. The highest BCUT2D eigenvalue weighted by Crippen LogP contribution is 2.23. The summed E-state index contributed by atoms with van der Waals surface area (Å²) in [7, 11) is 0. The van der Waals surface area contributed by atoms with Gasteiger partial charge in [-0.25, -0.2) is 9.97 Å². The van der Waals surface area contributed by atoms with Gasteiger partial charge in [-0.05, 0) is 30.2 Å². The quantitative estimate of drug-likeness (QED) is 0.857. The number of nitrogens with zero attached hydrogens (tertiary/aromatic N) is 2. The summed E-state index contributed by atoms with van der Waals surface area (Å²) in [5, 5.41) is 5.43. The van der Waals surface area contributed by atoms with E-state index < -0.39 is 0 Å². The first-order chi connectivity index (χ1) is 9.19. The van der Waals surface area contributed by atoms with Gasteiger partial charge in [-0.2, -0.15) is 0 Å². The Balaban J connectivity index is 2.31. The molecule has 0 fully saturated rings. The molecule has 0 bridgehead atoms. The van der Waals surface area contributed by atoms with E-state index in [0.717, 1.165) is 41.6 Å². The van der Waals surface area contributed by atoms with Crippen molar-refractivity contribution in [3.8, 4) is 10.7 Å². The lowest BCUT2D eigenvalue weighted by Crippen LogP contribution is -2.06. The van der Waals surface area contributed by atoms with Gasteiger partial charge in [0.05, 0.1) is 4.88 Å². The molecule has 3 nitrogen and oxygen atoms in total. The fourth-order valence-corrected chi connectivity index (χ4v) is 2.54. The molecule has 0 aliphatic rings. The molecule has 0 saturated carbocycles. The number of hydrogen-bond acceptors (Lipinski definition) is 4. The number of anilines is 1. The third kappa shape index (κ3) is 4.03. The van der Waals surface area contributed by atoms with E-state index in [1.807, 2.05) is 6.07 Å². The van der Waals surface area contributed by atoms with E-state index in [2.05, 4.69) is 53.6 Å². The molecule has 19 heavy (non-hydrogen) atoms. The lowest BCUT2D eigenvalue weighted by molar-refractivity contribution is 0.635. The molecule has 0 unspecified atom stereocenters. The first-order valence-corrected chi connectivity index (χ1v) is 7.72. The fourth-order valence-electron chi connectivity index (χ4n) is 1.88. The first-order valence-electron chi connectivity index (χ1n) is 6.84. The van der Waals surface area contributed by atoms with Gasteiger partial charge in [0.15, 0.2) is 5.82 Å². The summed E-state index contributed by atoms with van der Waals surface area (Å²) in [6.07, 6.45) is 2.08. The van der Waals surface area contributed by atoms with Gasteiger partial charge in [0, 0.05) is 18.3 Å². The summed E-state index contributed by atoms with van der Waals surface area (Å²) in [5.74, 6) is 2.38. The van der Waals surface area contributed by atoms with Crippen LogP contribution in [0, 0.1) is 5.92 Å². The highest BCUT2D eigenvalue weighted by molar-refractivity contribution is 7.13. The van der Waals surface area contributed by atoms with Gasteiger partial charge in [0.2, 0.25) is 0 Å². The Morgan fingerprint density at radius 3 is 2.79 bits per heavy atom. The molecule has 0 aliphatic heterocycles. The molecule has 1 N–H and O–H groups in total. The maximum Gasteiger partial charge on any atom is 0.171 e. The second kappa shape index (κ2) is 6.66. The summed E-state index contributed by atoms with van der Waals surface area (Å²) in [6, 6.07) is 6.19. The van der Waals surface area contributed by atoms with Crippen LogP contribution in [0.5, 0.6) is 0 Å². The molecular formula is C15H21N3S. The van der Waals surface area contributed by atoms with Gasteiger partial charge in [-0.1, -0.05) is 26.8 Å². The Morgan fingerprint density at radius 1 is 1.32 bits per heavy atom. The highest BCUT2D eigenvalue weighted by Gasteiger charge is 2.08. The largest absolute Gasteiger partial charge is 0.370 e.